The molecule has 0 heterocycles. The molecule has 0 aliphatic heterocycles. The first-order valence-corrected chi connectivity index (χ1v) is 7.79. The molecule has 0 unspecified atom stereocenters. The lowest BCUT2D eigenvalue weighted by Crippen LogP contribution is -2.24. The first-order chi connectivity index (χ1) is 9.99. The summed E-state index contributed by atoms with van der Waals surface area (Å²) in [6, 6.07) is 0. The van der Waals surface area contributed by atoms with Gasteiger partial charge in [-0.25, -0.2) is 4.39 Å². The van der Waals surface area contributed by atoms with Crippen LogP contribution < -0.4 is 17.2 Å². The average molecular weight is 301 g/mol. The van der Waals surface area contributed by atoms with Gasteiger partial charge in [-0.3, -0.25) is 0 Å². The average Bonchev–Trinajstić information content (AvgIpc) is 2.49. The molecule has 0 spiro atoms. The molecule has 0 aliphatic carbocycles. The third kappa shape index (κ3) is 10.5. The second-order valence-electron chi connectivity index (χ2n) is 5.52. The molecular formula is C16H32FN3O. The zero-order valence-corrected chi connectivity index (χ0v) is 13.5. The predicted octanol–water partition coefficient (Wildman–Crippen LogP) is 2.39. The number of ether oxygens (including phenoxy) is 1. The zero-order chi connectivity index (χ0) is 16.1. The van der Waals surface area contributed by atoms with E-state index in [1.807, 2.05) is 19.1 Å². The highest BCUT2D eigenvalue weighted by molar-refractivity contribution is 5.17. The molecule has 0 saturated heterocycles. The minimum absolute atomic E-state index is 0.0701. The molecule has 5 heteroatoms. The number of hydrogen-bond donors (Lipinski definition) is 3. The van der Waals surface area contributed by atoms with Crippen molar-refractivity contribution in [1.82, 2.24) is 0 Å². The fourth-order valence-electron chi connectivity index (χ4n) is 1.60. The molecule has 21 heavy (non-hydrogen) atoms. The molecule has 0 fully saturated rings. The van der Waals surface area contributed by atoms with Crippen LogP contribution in [0.5, 0.6) is 0 Å². The third-order valence-electron chi connectivity index (χ3n) is 3.45. The molecule has 0 aliphatic rings. The summed E-state index contributed by atoms with van der Waals surface area (Å²) in [5.41, 5.74) is 16.3. The van der Waals surface area contributed by atoms with Crippen molar-refractivity contribution in [2.24, 2.45) is 17.2 Å². The number of hydrogen-bond acceptors (Lipinski definition) is 4. The standard InChI is InChI=1S/C16H32FN3O/c1-3-16(2,17)13-21-15(7-5-4-6-10-18)9-8-14(11-19)12-20/h8-9H,3-7,10-13,18-20H2,1-2H3/t16-/m0/s1. The normalized spacial score (nSPS) is 14.7. The van der Waals surface area contributed by atoms with E-state index in [-0.39, 0.29) is 6.61 Å². The Balaban J connectivity index is 4.60. The van der Waals surface area contributed by atoms with Gasteiger partial charge in [-0.2, -0.15) is 0 Å². The Morgan fingerprint density at radius 3 is 2.29 bits per heavy atom. The van der Waals surface area contributed by atoms with Crippen molar-refractivity contribution in [2.75, 3.05) is 26.2 Å². The fourth-order valence-corrected chi connectivity index (χ4v) is 1.60. The van der Waals surface area contributed by atoms with Crippen molar-refractivity contribution in [3.8, 4) is 0 Å². The molecule has 0 radical (unpaired) electrons. The van der Waals surface area contributed by atoms with Crippen LogP contribution in [-0.2, 0) is 4.74 Å². The predicted molar refractivity (Wildman–Crippen MR) is 87.6 cm³/mol. The Kier molecular flexibility index (Phi) is 11.2. The van der Waals surface area contributed by atoms with Gasteiger partial charge in [0.2, 0.25) is 0 Å². The summed E-state index contributed by atoms with van der Waals surface area (Å²) in [7, 11) is 0. The van der Waals surface area contributed by atoms with Gasteiger partial charge < -0.3 is 21.9 Å². The molecule has 124 valence electrons. The van der Waals surface area contributed by atoms with Crippen LogP contribution >= 0.6 is 0 Å². The summed E-state index contributed by atoms with van der Waals surface area (Å²) in [5, 5.41) is 0. The molecule has 0 bridgehead atoms. The zero-order valence-electron chi connectivity index (χ0n) is 13.5. The number of rotatable bonds is 12. The first-order valence-electron chi connectivity index (χ1n) is 7.79. The van der Waals surface area contributed by atoms with Gasteiger partial charge in [-0.05, 0) is 44.4 Å². The van der Waals surface area contributed by atoms with Crippen LogP contribution in [0.1, 0.15) is 46.0 Å². The Morgan fingerprint density at radius 1 is 1.10 bits per heavy atom. The maximum Gasteiger partial charge on any atom is 0.141 e. The fraction of sp³-hybridized carbons (Fsp3) is 0.750. The van der Waals surface area contributed by atoms with Crippen LogP contribution in [0.25, 0.3) is 0 Å². The second-order valence-corrected chi connectivity index (χ2v) is 5.52. The van der Waals surface area contributed by atoms with Gasteiger partial charge in [0.05, 0.1) is 5.76 Å². The van der Waals surface area contributed by atoms with Gasteiger partial charge >= 0.3 is 0 Å². The molecular weight excluding hydrogens is 269 g/mol. The highest BCUT2D eigenvalue weighted by atomic mass is 19.1. The smallest absolute Gasteiger partial charge is 0.141 e. The summed E-state index contributed by atoms with van der Waals surface area (Å²) in [6.45, 7) is 4.98. The molecule has 0 aromatic rings. The minimum Gasteiger partial charge on any atom is -0.495 e. The number of nitrogens with two attached hydrogens (primary N) is 3. The quantitative estimate of drug-likeness (QED) is 0.293. The molecule has 4 nitrogen and oxygen atoms in total. The van der Waals surface area contributed by atoms with E-state index in [1.165, 1.54) is 0 Å². The van der Waals surface area contributed by atoms with Crippen LogP contribution in [-0.4, -0.2) is 31.9 Å². The Morgan fingerprint density at radius 2 is 1.76 bits per heavy atom. The van der Waals surface area contributed by atoms with E-state index in [2.05, 4.69) is 0 Å². The lowest BCUT2D eigenvalue weighted by molar-refractivity contribution is 0.0556. The number of unbranched alkanes of at least 4 members (excludes halogenated alkanes) is 2. The van der Waals surface area contributed by atoms with Gasteiger partial charge in [-0.1, -0.05) is 19.4 Å². The Hall–Kier alpha value is -0.910. The van der Waals surface area contributed by atoms with Gasteiger partial charge in [0.15, 0.2) is 0 Å². The van der Waals surface area contributed by atoms with E-state index >= 15 is 0 Å². The highest BCUT2D eigenvalue weighted by Gasteiger charge is 2.21. The molecule has 0 amide bonds. The van der Waals surface area contributed by atoms with E-state index in [0.29, 0.717) is 26.1 Å². The Labute approximate surface area is 128 Å². The largest absolute Gasteiger partial charge is 0.495 e. The molecule has 1 atom stereocenters. The van der Waals surface area contributed by atoms with Crippen molar-refractivity contribution in [3.05, 3.63) is 23.5 Å². The highest BCUT2D eigenvalue weighted by Crippen LogP contribution is 2.19. The van der Waals surface area contributed by atoms with Crippen molar-refractivity contribution in [3.63, 3.8) is 0 Å². The first kappa shape index (κ1) is 20.1. The summed E-state index contributed by atoms with van der Waals surface area (Å²) in [4.78, 5) is 0. The van der Waals surface area contributed by atoms with Crippen molar-refractivity contribution < 1.29 is 9.13 Å². The molecule has 6 N–H and O–H groups in total. The summed E-state index contributed by atoms with van der Waals surface area (Å²) >= 11 is 0. The molecule has 0 aromatic heterocycles. The van der Waals surface area contributed by atoms with Crippen molar-refractivity contribution in [2.45, 2.75) is 51.6 Å². The topological polar surface area (TPSA) is 87.3 Å². The number of alkyl halides is 1. The molecule has 0 rings (SSSR count). The van der Waals surface area contributed by atoms with Gasteiger partial charge in [0.25, 0.3) is 0 Å². The molecule has 0 saturated carbocycles. The number of allylic oxidation sites excluding steroid dienone is 3. The van der Waals surface area contributed by atoms with Crippen molar-refractivity contribution in [1.29, 1.82) is 0 Å². The maximum absolute atomic E-state index is 13.9. The van der Waals surface area contributed by atoms with E-state index in [9.17, 15) is 4.39 Å². The van der Waals surface area contributed by atoms with E-state index in [1.54, 1.807) is 6.92 Å². The SMILES string of the molecule is CC[C@](C)(F)COC(=CC=C(CN)CN)CCCCCN. The molecule has 0 aromatic carbocycles. The monoisotopic (exact) mass is 301 g/mol. The van der Waals surface area contributed by atoms with E-state index in [4.69, 9.17) is 21.9 Å². The van der Waals surface area contributed by atoms with Crippen LogP contribution in [0.15, 0.2) is 23.5 Å². The number of halogens is 1. The summed E-state index contributed by atoms with van der Waals surface area (Å²) in [6.07, 6.45) is 7.96. The summed E-state index contributed by atoms with van der Waals surface area (Å²) in [5.74, 6) is 0.781. The van der Waals surface area contributed by atoms with Crippen LogP contribution in [0.4, 0.5) is 4.39 Å². The van der Waals surface area contributed by atoms with Crippen LogP contribution in [0.2, 0.25) is 0 Å². The van der Waals surface area contributed by atoms with Crippen LogP contribution in [0.3, 0.4) is 0 Å². The van der Waals surface area contributed by atoms with E-state index < -0.39 is 5.67 Å². The lowest BCUT2D eigenvalue weighted by Gasteiger charge is -2.20. The van der Waals surface area contributed by atoms with Crippen LogP contribution in [0, 0.1) is 0 Å². The third-order valence-corrected chi connectivity index (χ3v) is 3.45. The summed E-state index contributed by atoms with van der Waals surface area (Å²) < 4.78 is 19.6. The lowest BCUT2D eigenvalue weighted by atomic mass is 10.1. The van der Waals surface area contributed by atoms with E-state index in [0.717, 1.165) is 37.0 Å². The maximum atomic E-state index is 13.9. The van der Waals surface area contributed by atoms with Gasteiger partial charge in [0.1, 0.15) is 12.3 Å². The van der Waals surface area contributed by atoms with Gasteiger partial charge in [0, 0.05) is 19.5 Å². The van der Waals surface area contributed by atoms with Gasteiger partial charge in [-0.15, -0.1) is 0 Å². The second kappa shape index (κ2) is 11.7. The Bertz CT molecular complexity index is 321. The van der Waals surface area contributed by atoms with Crippen molar-refractivity contribution >= 4 is 0 Å². The minimum atomic E-state index is -1.30.